The molecule has 0 spiro atoms. The van der Waals surface area contributed by atoms with Crippen LogP contribution in [-0.2, 0) is 11.3 Å². The molecule has 0 atom stereocenters. The van der Waals surface area contributed by atoms with E-state index in [1.165, 1.54) is 11.3 Å². The molecule has 0 radical (unpaired) electrons. The number of methoxy groups -OCH3 is 1. The van der Waals surface area contributed by atoms with Crippen molar-refractivity contribution >= 4 is 22.2 Å². The molecule has 8 nitrogen and oxygen atoms in total. The summed E-state index contributed by atoms with van der Waals surface area (Å²) in [6.07, 6.45) is 0. The van der Waals surface area contributed by atoms with Gasteiger partial charge in [-0.15, -0.1) is 10.2 Å². The third-order valence-electron chi connectivity index (χ3n) is 3.05. The first-order valence-electron chi connectivity index (χ1n) is 6.87. The maximum Gasteiger partial charge on any atom is 0.258 e. The van der Waals surface area contributed by atoms with Crippen LogP contribution in [0.25, 0.3) is 4.96 Å². The van der Waals surface area contributed by atoms with Crippen LogP contribution in [0.5, 0.6) is 11.5 Å². The van der Waals surface area contributed by atoms with Crippen LogP contribution in [0.2, 0.25) is 0 Å². The number of aromatic nitrogens is 4. The summed E-state index contributed by atoms with van der Waals surface area (Å²) < 4.78 is 12.3. The van der Waals surface area contributed by atoms with Crippen LogP contribution in [0.15, 0.2) is 24.3 Å². The van der Waals surface area contributed by atoms with Crippen LogP contribution in [-0.4, -0.2) is 39.4 Å². The van der Waals surface area contributed by atoms with Gasteiger partial charge >= 0.3 is 0 Å². The molecule has 0 aliphatic heterocycles. The predicted octanol–water partition coefficient (Wildman–Crippen LogP) is 1.20. The zero-order chi connectivity index (χ0) is 16.2. The normalized spacial score (nSPS) is 10.7. The monoisotopic (exact) mass is 333 g/mol. The van der Waals surface area contributed by atoms with Gasteiger partial charge in [-0.3, -0.25) is 4.79 Å². The van der Waals surface area contributed by atoms with Gasteiger partial charge in [0.25, 0.3) is 5.91 Å². The topological polar surface area (TPSA) is 90.6 Å². The maximum atomic E-state index is 11.9. The van der Waals surface area contributed by atoms with E-state index >= 15 is 0 Å². The number of ether oxygens (including phenoxy) is 2. The minimum Gasteiger partial charge on any atom is -0.493 e. The van der Waals surface area contributed by atoms with Gasteiger partial charge in [-0.05, 0) is 19.1 Å². The van der Waals surface area contributed by atoms with Gasteiger partial charge < -0.3 is 14.8 Å². The summed E-state index contributed by atoms with van der Waals surface area (Å²) in [4.78, 5) is 12.6. The molecule has 0 saturated carbocycles. The molecule has 2 heterocycles. The van der Waals surface area contributed by atoms with Crippen molar-refractivity contribution in [1.82, 2.24) is 25.1 Å². The van der Waals surface area contributed by atoms with E-state index in [2.05, 4.69) is 20.6 Å². The lowest BCUT2D eigenvalue weighted by Crippen LogP contribution is -2.28. The van der Waals surface area contributed by atoms with Gasteiger partial charge in [0.1, 0.15) is 5.01 Å². The van der Waals surface area contributed by atoms with E-state index < -0.39 is 0 Å². The summed E-state index contributed by atoms with van der Waals surface area (Å²) >= 11 is 1.38. The number of carbonyl (C=O) groups is 1. The van der Waals surface area contributed by atoms with E-state index in [1.54, 1.807) is 23.8 Å². The SMILES string of the molecule is COc1ccccc1OCC(=O)NCc1nn2c(C)nnc2s1. The molecule has 1 N–H and O–H groups in total. The molecule has 23 heavy (non-hydrogen) atoms. The first-order chi connectivity index (χ1) is 11.2. The van der Waals surface area contributed by atoms with E-state index in [4.69, 9.17) is 9.47 Å². The zero-order valence-electron chi connectivity index (χ0n) is 12.6. The lowest BCUT2D eigenvalue weighted by Gasteiger charge is -2.09. The highest BCUT2D eigenvalue weighted by molar-refractivity contribution is 7.16. The Morgan fingerprint density at radius 2 is 2.09 bits per heavy atom. The molecule has 0 aliphatic rings. The van der Waals surface area contributed by atoms with Crippen molar-refractivity contribution in [2.45, 2.75) is 13.5 Å². The lowest BCUT2D eigenvalue weighted by molar-refractivity contribution is -0.123. The van der Waals surface area contributed by atoms with E-state index in [1.807, 2.05) is 19.1 Å². The molecule has 3 aromatic rings. The highest BCUT2D eigenvalue weighted by Gasteiger charge is 2.11. The van der Waals surface area contributed by atoms with Gasteiger partial charge in [0.15, 0.2) is 23.9 Å². The Kier molecular flexibility index (Phi) is 4.38. The summed E-state index contributed by atoms with van der Waals surface area (Å²) in [7, 11) is 1.55. The molecular weight excluding hydrogens is 318 g/mol. The molecular formula is C14H15N5O3S. The largest absolute Gasteiger partial charge is 0.493 e. The Morgan fingerprint density at radius 1 is 1.30 bits per heavy atom. The molecule has 0 fully saturated rings. The molecule has 0 aliphatic carbocycles. The van der Waals surface area contributed by atoms with Crippen molar-refractivity contribution in [2.75, 3.05) is 13.7 Å². The Bertz CT molecular complexity index is 829. The summed E-state index contributed by atoms with van der Waals surface area (Å²) in [6, 6.07) is 7.17. The number of amides is 1. The van der Waals surface area contributed by atoms with Crippen molar-refractivity contribution in [2.24, 2.45) is 0 Å². The number of carbonyl (C=O) groups excluding carboxylic acids is 1. The smallest absolute Gasteiger partial charge is 0.258 e. The molecule has 0 saturated heterocycles. The van der Waals surface area contributed by atoms with Gasteiger partial charge in [-0.25, -0.2) is 0 Å². The van der Waals surface area contributed by atoms with Crippen molar-refractivity contribution in [3.63, 3.8) is 0 Å². The minimum absolute atomic E-state index is 0.0938. The fourth-order valence-corrected chi connectivity index (χ4v) is 2.75. The van der Waals surface area contributed by atoms with Gasteiger partial charge in [0, 0.05) is 0 Å². The van der Waals surface area contributed by atoms with Crippen molar-refractivity contribution in [3.8, 4) is 11.5 Å². The summed E-state index contributed by atoms with van der Waals surface area (Å²) in [6.45, 7) is 2.05. The van der Waals surface area contributed by atoms with E-state index in [0.717, 1.165) is 5.01 Å². The highest BCUT2D eigenvalue weighted by Crippen LogP contribution is 2.25. The van der Waals surface area contributed by atoms with Crippen LogP contribution in [0, 0.1) is 6.92 Å². The number of nitrogens with one attached hydrogen (secondary N) is 1. The average molecular weight is 333 g/mol. The first kappa shape index (κ1) is 15.2. The summed E-state index contributed by atoms with van der Waals surface area (Å²) in [5.41, 5.74) is 0. The highest BCUT2D eigenvalue weighted by atomic mass is 32.1. The molecule has 0 bridgehead atoms. The van der Waals surface area contributed by atoms with Crippen molar-refractivity contribution < 1.29 is 14.3 Å². The van der Waals surface area contributed by atoms with E-state index in [0.29, 0.717) is 28.8 Å². The standard InChI is InChI=1S/C14H15N5O3S/c1-9-16-17-14-19(9)18-13(23-14)7-15-12(20)8-22-11-6-4-3-5-10(11)21-2/h3-6H,7-8H2,1-2H3,(H,15,20). The molecule has 0 unspecified atom stereocenters. The molecule has 3 rings (SSSR count). The van der Waals surface area contributed by atoms with Crippen LogP contribution < -0.4 is 14.8 Å². The Hall–Kier alpha value is -2.68. The maximum absolute atomic E-state index is 11.9. The average Bonchev–Trinajstić information content (AvgIpc) is 3.13. The second-order valence-corrected chi connectivity index (χ2v) is 5.69. The van der Waals surface area contributed by atoms with Crippen LogP contribution >= 0.6 is 11.3 Å². The number of benzene rings is 1. The van der Waals surface area contributed by atoms with Crippen LogP contribution in [0.1, 0.15) is 10.8 Å². The zero-order valence-corrected chi connectivity index (χ0v) is 13.5. The predicted molar refractivity (Wildman–Crippen MR) is 83.7 cm³/mol. The number of para-hydroxylation sites is 2. The second-order valence-electron chi connectivity index (χ2n) is 4.65. The van der Waals surface area contributed by atoms with Gasteiger partial charge in [-0.2, -0.15) is 9.61 Å². The fourth-order valence-electron chi connectivity index (χ4n) is 1.93. The molecule has 9 heteroatoms. The minimum atomic E-state index is -0.237. The fraction of sp³-hybridized carbons (Fsp3) is 0.286. The Balaban J connectivity index is 1.53. The quantitative estimate of drug-likeness (QED) is 0.729. The summed E-state index contributed by atoms with van der Waals surface area (Å²) in [5, 5.41) is 15.7. The number of fused-ring (bicyclic) bond motifs is 1. The summed E-state index contributed by atoms with van der Waals surface area (Å²) in [5.74, 6) is 1.59. The van der Waals surface area contributed by atoms with E-state index in [9.17, 15) is 4.79 Å². The van der Waals surface area contributed by atoms with Gasteiger partial charge in [0.2, 0.25) is 4.96 Å². The third-order valence-corrected chi connectivity index (χ3v) is 3.95. The number of rotatable bonds is 6. The third kappa shape index (κ3) is 3.39. The van der Waals surface area contributed by atoms with Gasteiger partial charge in [-0.1, -0.05) is 23.5 Å². The van der Waals surface area contributed by atoms with Crippen LogP contribution in [0.4, 0.5) is 0 Å². The molecule has 1 aromatic carbocycles. The molecule has 1 amide bonds. The molecule has 120 valence electrons. The van der Waals surface area contributed by atoms with E-state index in [-0.39, 0.29) is 12.5 Å². The lowest BCUT2D eigenvalue weighted by atomic mass is 10.3. The van der Waals surface area contributed by atoms with Crippen molar-refractivity contribution in [1.29, 1.82) is 0 Å². The van der Waals surface area contributed by atoms with Crippen molar-refractivity contribution in [3.05, 3.63) is 35.1 Å². The van der Waals surface area contributed by atoms with Gasteiger partial charge in [0.05, 0.1) is 13.7 Å². The Labute approximate surface area is 136 Å². The number of hydrogen-bond donors (Lipinski definition) is 1. The van der Waals surface area contributed by atoms with Crippen LogP contribution in [0.3, 0.4) is 0 Å². The number of hydrogen-bond acceptors (Lipinski definition) is 7. The Morgan fingerprint density at radius 3 is 2.83 bits per heavy atom. The molecule has 2 aromatic heterocycles. The number of aryl methyl sites for hydroxylation is 1. The first-order valence-corrected chi connectivity index (χ1v) is 7.69. The second kappa shape index (κ2) is 6.61. The number of nitrogens with zero attached hydrogens (tertiary/aromatic N) is 4.